The Morgan fingerprint density at radius 3 is 2.92 bits per heavy atom. The third-order valence-corrected chi connectivity index (χ3v) is 4.61. The van der Waals surface area contributed by atoms with Crippen LogP contribution in [-0.2, 0) is 7.05 Å². The molecule has 1 fully saturated rings. The number of anilines is 1. The summed E-state index contributed by atoms with van der Waals surface area (Å²) in [5.41, 5.74) is 1.88. The summed E-state index contributed by atoms with van der Waals surface area (Å²) in [7, 11) is 4.11. The second-order valence-corrected chi connectivity index (χ2v) is 6.28. The van der Waals surface area contributed by atoms with Crippen LogP contribution in [0.2, 0.25) is 0 Å². The first-order valence-corrected chi connectivity index (χ1v) is 8.28. The number of nitrogens with one attached hydrogen (secondary N) is 2. The van der Waals surface area contributed by atoms with Crippen molar-refractivity contribution in [3.63, 3.8) is 0 Å². The van der Waals surface area contributed by atoms with E-state index < -0.39 is 0 Å². The molecule has 0 radical (unpaired) electrons. The first-order valence-electron chi connectivity index (χ1n) is 8.28. The molecule has 0 bridgehead atoms. The maximum absolute atomic E-state index is 12.1. The van der Waals surface area contributed by atoms with Crippen molar-refractivity contribution in [2.45, 2.75) is 18.9 Å². The Morgan fingerprint density at radius 2 is 2.21 bits per heavy atom. The van der Waals surface area contributed by atoms with Crippen molar-refractivity contribution in [3.8, 4) is 0 Å². The summed E-state index contributed by atoms with van der Waals surface area (Å²) in [4.78, 5) is 18.5. The number of rotatable bonds is 4. The number of carbonyl (C=O) groups is 1. The zero-order valence-electron chi connectivity index (χ0n) is 14.1. The van der Waals surface area contributed by atoms with Gasteiger partial charge in [-0.15, -0.1) is 0 Å². The maximum Gasteiger partial charge on any atom is 0.319 e. The van der Waals surface area contributed by atoms with Gasteiger partial charge in [0.15, 0.2) is 0 Å². The molecule has 0 aliphatic carbocycles. The van der Waals surface area contributed by atoms with Gasteiger partial charge < -0.3 is 10.6 Å². The quantitative estimate of drug-likeness (QED) is 0.900. The smallest absolute Gasteiger partial charge is 0.319 e. The number of aromatic nitrogens is 3. The summed E-state index contributed by atoms with van der Waals surface area (Å²) in [6, 6.07) is 5.75. The largest absolute Gasteiger partial charge is 0.338 e. The Kier molecular flexibility index (Phi) is 5.10. The van der Waals surface area contributed by atoms with E-state index >= 15 is 0 Å². The lowest BCUT2D eigenvalue weighted by atomic mass is 9.87. The van der Waals surface area contributed by atoms with Gasteiger partial charge in [0.2, 0.25) is 0 Å². The molecule has 2 atom stereocenters. The van der Waals surface area contributed by atoms with E-state index in [1.807, 2.05) is 24.0 Å². The minimum absolute atomic E-state index is 0.194. The van der Waals surface area contributed by atoms with Gasteiger partial charge in [0, 0.05) is 26.0 Å². The molecule has 3 heterocycles. The average Bonchev–Trinajstić information content (AvgIpc) is 2.99. The average molecular weight is 328 g/mol. The summed E-state index contributed by atoms with van der Waals surface area (Å²) >= 11 is 0. The van der Waals surface area contributed by atoms with E-state index in [2.05, 4.69) is 38.7 Å². The molecule has 128 valence electrons. The van der Waals surface area contributed by atoms with Crippen molar-refractivity contribution >= 4 is 11.7 Å². The van der Waals surface area contributed by atoms with Crippen LogP contribution in [0.1, 0.15) is 24.6 Å². The second-order valence-electron chi connectivity index (χ2n) is 6.28. The maximum atomic E-state index is 12.1. The highest BCUT2D eigenvalue weighted by molar-refractivity contribution is 5.88. The standard InChI is InChI=1S/C17H24N6O/c1-22-10-4-5-13(16(22)15-7-9-20-23(15)2)11-19-17(24)21-14-6-3-8-18-12-14/h3,6-9,12-13,16H,4-5,10-11H2,1-2H3,(H2,19,21,24)/t13-,16+/m0/s1. The molecule has 3 rings (SSSR count). The molecule has 0 saturated carbocycles. The van der Waals surface area contributed by atoms with Crippen molar-refractivity contribution in [2.75, 3.05) is 25.5 Å². The molecule has 2 N–H and O–H groups in total. The van der Waals surface area contributed by atoms with Crippen molar-refractivity contribution in [3.05, 3.63) is 42.5 Å². The summed E-state index contributed by atoms with van der Waals surface area (Å²) in [6.45, 7) is 1.69. The van der Waals surface area contributed by atoms with Crippen LogP contribution < -0.4 is 10.6 Å². The van der Waals surface area contributed by atoms with Gasteiger partial charge in [-0.2, -0.15) is 5.10 Å². The molecule has 7 heteroatoms. The second kappa shape index (κ2) is 7.44. The molecule has 0 spiro atoms. The highest BCUT2D eigenvalue weighted by atomic mass is 16.2. The van der Waals surface area contributed by atoms with Crippen molar-refractivity contribution in [2.24, 2.45) is 13.0 Å². The summed E-state index contributed by atoms with van der Waals surface area (Å²) in [6.07, 6.45) is 7.37. The number of urea groups is 1. The van der Waals surface area contributed by atoms with E-state index in [1.165, 1.54) is 5.69 Å². The third-order valence-electron chi connectivity index (χ3n) is 4.61. The number of carbonyl (C=O) groups excluding carboxylic acids is 1. The zero-order chi connectivity index (χ0) is 16.9. The number of hydrogen-bond acceptors (Lipinski definition) is 4. The minimum atomic E-state index is -0.194. The monoisotopic (exact) mass is 328 g/mol. The molecule has 7 nitrogen and oxygen atoms in total. The van der Waals surface area contributed by atoms with E-state index in [-0.39, 0.29) is 12.1 Å². The summed E-state index contributed by atoms with van der Waals surface area (Å²) < 4.78 is 1.93. The molecule has 1 aliphatic rings. The Balaban J connectivity index is 1.62. The van der Waals surface area contributed by atoms with E-state index in [1.54, 1.807) is 18.5 Å². The lowest BCUT2D eigenvalue weighted by molar-refractivity contribution is 0.114. The number of hydrogen-bond donors (Lipinski definition) is 2. The van der Waals surface area contributed by atoms with E-state index in [4.69, 9.17) is 0 Å². The number of nitrogens with zero attached hydrogens (tertiary/aromatic N) is 4. The number of piperidine rings is 1. The molecule has 1 saturated heterocycles. The van der Waals surface area contributed by atoms with Crippen LogP contribution in [0.5, 0.6) is 0 Å². The lowest BCUT2D eigenvalue weighted by Crippen LogP contribution is -2.43. The normalized spacial score (nSPS) is 21.4. The molecule has 0 unspecified atom stereocenters. The Labute approximate surface area is 142 Å². The molecule has 24 heavy (non-hydrogen) atoms. The lowest BCUT2D eigenvalue weighted by Gasteiger charge is -2.39. The molecule has 2 amide bonds. The molecule has 2 aromatic heterocycles. The first-order chi connectivity index (χ1) is 11.6. The van der Waals surface area contributed by atoms with E-state index in [0.29, 0.717) is 18.2 Å². The van der Waals surface area contributed by atoms with Crippen LogP contribution in [-0.4, -0.2) is 45.8 Å². The fourth-order valence-corrected chi connectivity index (χ4v) is 3.45. The molecule has 0 aromatic carbocycles. The Morgan fingerprint density at radius 1 is 1.33 bits per heavy atom. The van der Waals surface area contributed by atoms with Crippen LogP contribution in [0.4, 0.5) is 10.5 Å². The van der Waals surface area contributed by atoms with Crippen molar-refractivity contribution in [1.82, 2.24) is 25.0 Å². The third kappa shape index (κ3) is 3.73. The Hall–Kier alpha value is -2.41. The van der Waals surface area contributed by atoms with Crippen molar-refractivity contribution in [1.29, 1.82) is 0 Å². The number of pyridine rings is 1. The molecular weight excluding hydrogens is 304 g/mol. The first kappa shape index (κ1) is 16.4. The molecule has 2 aromatic rings. The Bertz CT molecular complexity index is 671. The van der Waals surface area contributed by atoms with Gasteiger partial charge in [0.25, 0.3) is 0 Å². The van der Waals surface area contributed by atoms with Crippen LogP contribution in [0.25, 0.3) is 0 Å². The summed E-state index contributed by atoms with van der Waals surface area (Å²) in [5, 5.41) is 10.1. The fraction of sp³-hybridized carbons (Fsp3) is 0.471. The van der Waals surface area contributed by atoms with Gasteiger partial charge in [-0.25, -0.2) is 4.79 Å². The summed E-state index contributed by atoms with van der Waals surface area (Å²) in [5.74, 6) is 0.360. The van der Waals surface area contributed by atoms with Gasteiger partial charge in [0.1, 0.15) is 0 Å². The van der Waals surface area contributed by atoms with Gasteiger partial charge in [-0.05, 0) is 50.6 Å². The topological polar surface area (TPSA) is 75.1 Å². The minimum Gasteiger partial charge on any atom is -0.338 e. The molecule has 1 aliphatic heterocycles. The number of likely N-dealkylation sites (tertiary alicyclic amines) is 1. The number of aryl methyl sites for hydroxylation is 1. The fourth-order valence-electron chi connectivity index (χ4n) is 3.45. The predicted molar refractivity (Wildman–Crippen MR) is 92.6 cm³/mol. The van der Waals surface area contributed by atoms with E-state index in [9.17, 15) is 4.79 Å². The van der Waals surface area contributed by atoms with Gasteiger partial charge in [0.05, 0.1) is 23.6 Å². The van der Waals surface area contributed by atoms with Crippen LogP contribution >= 0.6 is 0 Å². The van der Waals surface area contributed by atoms with Crippen LogP contribution in [0.15, 0.2) is 36.8 Å². The zero-order valence-corrected chi connectivity index (χ0v) is 14.1. The SMILES string of the molecule is CN1CCC[C@@H](CNC(=O)Nc2cccnc2)[C@@H]1c1ccnn1C. The van der Waals surface area contributed by atoms with Gasteiger partial charge in [-0.1, -0.05) is 0 Å². The van der Waals surface area contributed by atoms with Crippen molar-refractivity contribution < 1.29 is 4.79 Å². The highest BCUT2D eigenvalue weighted by Crippen LogP contribution is 2.34. The van der Waals surface area contributed by atoms with Gasteiger partial charge >= 0.3 is 6.03 Å². The van der Waals surface area contributed by atoms with Crippen LogP contribution in [0.3, 0.4) is 0 Å². The predicted octanol–water partition coefficient (Wildman–Crippen LogP) is 2.02. The molecular formula is C17H24N6O. The van der Waals surface area contributed by atoms with Crippen LogP contribution in [0, 0.1) is 5.92 Å². The highest BCUT2D eigenvalue weighted by Gasteiger charge is 2.32. The van der Waals surface area contributed by atoms with Gasteiger partial charge in [-0.3, -0.25) is 14.6 Å². The number of amides is 2. The van der Waals surface area contributed by atoms with E-state index in [0.717, 1.165) is 19.4 Å².